The van der Waals surface area contributed by atoms with Crippen molar-refractivity contribution in [1.29, 1.82) is 0 Å². The van der Waals surface area contributed by atoms with Gasteiger partial charge in [-0.05, 0) is 30.4 Å². The number of benzene rings is 1. The summed E-state index contributed by atoms with van der Waals surface area (Å²) in [4.78, 5) is 0. The third-order valence-corrected chi connectivity index (χ3v) is 2.56. The first-order valence-corrected chi connectivity index (χ1v) is 5.50. The van der Waals surface area contributed by atoms with Crippen molar-refractivity contribution in [2.75, 3.05) is 6.61 Å². The Hall–Kier alpha value is -1.04. The summed E-state index contributed by atoms with van der Waals surface area (Å²) in [5.74, 6) is 0.609. The van der Waals surface area contributed by atoms with Gasteiger partial charge in [-0.2, -0.15) is 0 Å². The molecule has 1 saturated heterocycles. The summed E-state index contributed by atoms with van der Waals surface area (Å²) < 4.78 is 11.0. The Morgan fingerprint density at radius 1 is 1.31 bits per heavy atom. The molecule has 0 radical (unpaired) electrons. The molecule has 0 saturated carbocycles. The fraction of sp³-hybridized carbons (Fsp3) is 0.455. The van der Waals surface area contributed by atoms with E-state index in [1.54, 1.807) is 24.3 Å². The van der Waals surface area contributed by atoms with E-state index in [0.29, 0.717) is 11.2 Å². The lowest BCUT2D eigenvalue weighted by atomic mass is 9.80. The van der Waals surface area contributed by atoms with Gasteiger partial charge in [0.25, 0.3) is 0 Å². The van der Waals surface area contributed by atoms with Crippen LogP contribution in [0, 0.1) is 0 Å². The minimum atomic E-state index is -1.46. The van der Waals surface area contributed by atoms with Crippen LogP contribution in [0.5, 0.6) is 5.75 Å². The summed E-state index contributed by atoms with van der Waals surface area (Å²) in [6, 6.07) is 6.76. The SMILES string of the molecule is OB(O)c1cccc(OC2CCCCO2)c1. The summed E-state index contributed by atoms with van der Waals surface area (Å²) in [7, 11) is -1.46. The predicted molar refractivity (Wildman–Crippen MR) is 60.5 cm³/mol. The van der Waals surface area contributed by atoms with Gasteiger partial charge in [0.05, 0.1) is 6.61 Å². The van der Waals surface area contributed by atoms with Crippen LogP contribution in [0.15, 0.2) is 24.3 Å². The predicted octanol–water partition coefficient (Wildman–Crippen LogP) is 0.272. The molecule has 1 aliphatic rings. The zero-order valence-electron chi connectivity index (χ0n) is 9.00. The number of hydrogen-bond acceptors (Lipinski definition) is 4. The Kier molecular flexibility index (Phi) is 3.82. The monoisotopic (exact) mass is 222 g/mol. The van der Waals surface area contributed by atoms with Crippen LogP contribution in [-0.2, 0) is 4.74 Å². The molecule has 0 bridgehead atoms. The lowest BCUT2D eigenvalue weighted by molar-refractivity contribution is -0.105. The van der Waals surface area contributed by atoms with Crippen molar-refractivity contribution >= 4 is 12.6 Å². The van der Waals surface area contributed by atoms with Gasteiger partial charge in [-0.1, -0.05) is 12.1 Å². The number of ether oxygens (including phenoxy) is 2. The second-order valence-corrected chi connectivity index (χ2v) is 3.86. The van der Waals surface area contributed by atoms with Crippen molar-refractivity contribution in [3.8, 4) is 5.75 Å². The molecule has 16 heavy (non-hydrogen) atoms. The summed E-state index contributed by atoms with van der Waals surface area (Å²) in [5.41, 5.74) is 0.424. The lowest BCUT2D eigenvalue weighted by Gasteiger charge is -2.23. The smallest absolute Gasteiger partial charge is 0.465 e. The lowest BCUT2D eigenvalue weighted by Crippen LogP contribution is -2.30. The van der Waals surface area contributed by atoms with E-state index in [2.05, 4.69) is 0 Å². The van der Waals surface area contributed by atoms with Gasteiger partial charge < -0.3 is 19.5 Å². The molecule has 1 fully saturated rings. The van der Waals surface area contributed by atoms with Crippen molar-refractivity contribution < 1.29 is 19.5 Å². The first kappa shape index (κ1) is 11.5. The maximum absolute atomic E-state index is 9.02. The topological polar surface area (TPSA) is 58.9 Å². The molecule has 1 aliphatic heterocycles. The Labute approximate surface area is 95.0 Å². The van der Waals surface area contributed by atoms with Gasteiger partial charge in [0, 0.05) is 6.42 Å². The van der Waals surface area contributed by atoms with Crippen LogP contribution >= 0.6 is 0 Å². The van der Waals surface area contributed by atoms with Crippen LogP contribution in [-0.4, -0.2) is 30.1 Å². The highest BCUT2D eigenvalue weighted by Crippen LogP contribution is 2.17. The first-order valence-electron chi connectivity index (χ1n) is 5.50. The zero-order chi connectivity index (χ0) is 11.4. The van der Waals surface area contributed by atoms with Crippen LogP contribution in [0.1, 0.15) is 19.3 Å². The molecule has 4 nitrogen and oxygen atoms in total. The average molecular weight is 222 g/mol. The van der Waals surface area contributed by atoms with Gasteiger partial charge in [-0.3, -0.25) is 0 Å². The van der Waals surface area contributed by atoms with E-state index < -0.39 is 7.12 Å². The fourth-order valence-corrected chi connectivity index (χ4v) is 1.70. The highest BCUT2D eigenvalue weighted by atomic mass is 16.7. The molecule has 0 aliphatic carbocycles. The molecule has 1 atom stereocenters. The van der Waals surface area contributed by atoms with E-state index in [9.17, 15) is 0 Å². The van der Waals surface area contributed by atoms with Crippen LogP contribution < -0.4 is 10.2 Å². The summed E-state index contributed by atoms with van der Waals surface area (Å²) in [6.07, 6.45) is 2.86. The van der Waals surface area contributed by atoms with Crippen molar-refractivity contribution in [3.63, 3.8) is 0 Å². The van der Waals surface area contributed by atoms with Crippen molar-refractivity contribution in [2.24, 2.45) is 0 Å². The maximum Gasteiger partial charge on any atom is 0.488 e. The van der Waals surface area contributed by atoms with Crippen molar-refractivity contribution in [1.82, 2.24) is 0 Å². The Morgan fingerprint density at radius 3 is 2.88 bits per heavy atom. The van der Waals surface area contributed by atoms with E-state index >= 15 is 0 Å². The molecule has 5 heteroatoms. The van der Waals surface area contributed by atoms with Crippen LogP contribution in [0.3, 0.4) is 0 Å². The van der Waals surface area contributed by atoms with E-state index in [0.717, 1.165) is 25.9 Å². The van der Waals surface area contributed by atoms with Crippen LogP contribution in [0.4, 0.5) is 0 Å². The normalized spacial score (nSPS) is 20.5. The van der Waals surface area contributed by atoms with Crippen molar-refractivity contribution in [3.05, 3.63) is 24.3 Å². The second kappa shape index (κ2) is 5.34. The third kappa shape index (κ3) is 2.98. The average Bonchev–Trinajstić information content (AvgIpc) is 2.30. The Bertz CT molecular complexity index is 337. The molecule has 0 amide bonds. The van der Waals surface area contributed by atoms with E-state index in [-0.39, 0.29) is 6.29 Å². The van der Waals surface area contributed by atoms with Gasteiger partial charge in [-0.25, -0.2) is 0 Å². The fourth-order valence-electron chi connectivity index (χ4n) is 1.70. The van der Waals surface area contributed by atoms with Gasteiger partial charge >= 0.3 is 7.12 Å². The molecule has 1 heterocycles. The van der Waals surface area contributed by atoms with Crippen LogP contribution in [0.25, 0.3) is 0 Å². The maximum atomic E-state index is 9.02. The summed E-state index contributed by atoms with van der Waals surface area (Å²) >= 11 is 0. The minimum Gasteiger partial charge on any atom is -0.465 e. The number of rotatable bonds is 3. The quantitative estimate of drug-likeness (QED) is 0.720. The molecule has 2 N–H and O–H groups in total. The first-order chi connectivity index (χ1) is 7.75. The summed E-state index contributed by atoms with van der Waals surface area (Å²) in [5, 5.41) is 18.0. The van der Waals surface area contributed by atoms with Crippen LogP contribution in [0.2, 0.25) is 0 Å². The van der Waals surface area contributed by atoms with Gasteiger partial charge in [0.2, 0.25) is 0 Å². The molecule has 0 spiro atoms. The van der Waals surface area contributed by atoms with Gasteiger partial charge in [0.15, 0.2) is 6.29 Å². The standard InChI is InChI=1S/C11H15BO4/c13-12(14)9-4-3-5-10(8-9)16-11-6-1-2-7-15-11/h3-5,8,11,13-14H,1-2,6-7H2. The Balaban J connectivity index is 2.00. The molecule has 1 aromatic carbocycles. The minimum absolute atomic E-state index is 0.208. The second-order valence-electron chi connectivity index (χ2n) is 3.86. The molecular formula is C11H15BO4. The van der Waals surface area contributed by atoms with Gasteiger partial charge in [-0.15, -0.1) is 0 Å². The third-order valence-electron chi connectivity index (χ3n) is 2.56. The largest absolute Gasteiger partial charge is 0.488 e. The van der Waals surface area contributed by atoms with E-state index in [1.807, 2.05) is 0 Å². The summed E-state index contributed by atoms with van der Waals surface area (Å²) in [6.45, 7) is 0.729. The molecular weight excluding hydrogens is 207 g/mol. The Morgan fingerprint density at radius 2 is 2.19 bits per heavy atom. The zero-order valence-corrected chi connectivity index (χ0v) is 9.00. The molecule has 86 valence electrons. The highest BCUT2D eigenvalue weighted by Gasteiger charge is 2.16. The molecule has 1 unspecified atom stereocenters. The highest BCUT2D eigenvalue weighted by molar-refractivity contribution is 6.58. The van der Waals surface area contributed by atoms with Gasteiger partial charge in [0.1, 0.15) is 5.75 Å². The molecule has 1 aromatic rings. The molecule has 2 rings (SSSR count). The van der Waals surface area contributed by atoms with Crippen molar-refractivity contribution in [2.45, 2.75) is 25.6 Å². The van der Waals surface area contributed by atoms with E-state index in [4.69, 9.17) is 19.5 Å². The molecule has 0 aromatic heterocycles. The number of hydrogen-bond donors (Lipinski definition) is 2. The van der Waals surface area contributed by atoms with E-state index in [1.165, 1.54) is 0 Å².